The maximum Gasteiger partial charge on any atom is 0.335 e. The Morgan fingerprint density at radius 1 is 1.23 bits per heavy atom. The largest absolute Gasteiger partial charge is 0.480 e. The lowest BCUT2D eigenvalue weighted by Crippen LogP contribution is -2.40. The number of carboxylic acid groups (broad SMARTS) is 1. The van der Waals surface area contributed by atoms with Gasteiger partial charge in [-0.25, -0.2) is 4.79 Å². The van der Waals surface area contributed by atoms with Gasteiger partial charge in [-0.05, 0) is 44.4 Å². The van der Waals surface area contributed by atoms with Gasteiger partial charge in [-0.2, -0.15) is 0 Å². The average molecular weight is 383 g/mol. The van der Waals surface area contributed by atoms with E-state index in [0.29, 0.717) is 17.5 Å². The molecule has 2 N–H and O–H groups in total. The van der Waals surface area contributed by atoms with Crippen LogP contribution in [-0.4, -0.2) is 36.2 Å². The van der Waals surface area contributed by atoms with E-state index in [1.54, 1.807) is 44.2 Å². The van der Waals surface area contributed by atoms with Gasteiger partial charge in [0.05, 0.1) is 19.4 Å². The minimum atomic E-state index is -3.22. The van der Waals surface area contributed by atoms with Crippen molar-refractivity contribution in [3.63, 3.8) is 0 Å². The summed E-state index contributed by atoms with van der Waals surface area (Å²) in [6, 6.07) is 5.44. The standard InChI is InChI=1S/C18H26NO6P/c1-4-7-8-16(18(21)22)19-17(20)15-11-9-14(10-12-15)13-26(23,24-5-2)25-6-3/h4,9-12,16H,1,5-8,13H2,2-3H3,(H,19,20)(H,21,22)/t16-/m0/s1. The average Bonchev–Trinajstić information content (AvgIpc) is 2.59. The monoisotopic (exact) mass is 383 g/mol. The van der Waals surface area contributed by atoms with E-state index in [9.17, 15) is 14.2 Å². The third-order valence-corrected chi connectivity index (χ3v) is 5.56. The van der Waals surface area contributed by atoms with Gasteiger partial charge >= 0.3 is 13.6 Å². The number of carboxylic acids is 1. The molecule has 1 aromatic carbocycles. The highest BCUT2D eigenvalue weighted by molar-refractivity contribution is 7.53. The SMILES string of the molecule is C=CCC[C@H](NC(=O)c1ccc(CP(=O)(OCC)OCC)cc1)C(=O)O. The van der Waals surface area contributed by atoms with E-state index < -0.39 is 25.5 Å². The molecule has 0 aromatic heterocycles. The maximum atomic E-state index is 12.5. The van der Waals surface area contributed by atoms with E-state index in [1.165, 1.54) is 0 Å². The summed E-state index contributed by atoms with van der Waals surface area (Å²) in [4.78, 5) is 23.4. The summed E-state index contributed by atoms with van der Waals surface area (Å²) < 4.78 is 23.0. The van der Waals surface area contributed by atoms with Crippen LogP contribution in [0.2, 0.25) is 0 Å². The van der Waals surface area contributed by atoms with Crippen molar-refractivity contribution in [1.29, 1.82) is 0 Å². The summed E-state index contributed by atoms with van der Waals surface area (Å²) >= 11 is 0. The van der Waals surface area contributed by atoms with Gasteiger partial charge in [0, 0.05) is 5.56 Å². The molecule has 1 atom stereocenters. The van der Waals surface area contributed by atoms with Crippen molar-refractivity contribution in [2.24, 2.45) is 0 Å². The van der Waals surface area contributed by atoms with Crippen LogP contribution in [0.3, 0.4) is 0 Å². The van der Waals surface area contributed by atoms with Crippen LogP contribution >= 0.6 is 7.60 Å². The van der Waals surface area contributed by atoms with Crippen molar-refractivity contribution in [1.82, 2.24) is 5.32 Å². The van der Waals surface area contributed by atoms with Crippen LogP contribution in [0.15, 0.2) is 36.9 Å². The molecule has 0 heterocycles. The molecule has 0 fully saturated rings. The maximum absolute atomic E-state index is 12.5. The Labute approximate surface area is 153 Å². The molecule has 1 rings (SSSR count). The van der Waals surface area contributed by atoms with Crippen molar-refractivity contribution < 1.29 is 28.3 Å². The highest BCUT2D eigenvalue weighted by Crippen LogP contribution is 2.51. The van der Waals surface area contributed by atoms with Crippen LogP contribution in [0, 0.1) is 0 Å². The van der Waals surface area contributed by atoms with Gasteiger partial charge in [0.1, 0.15) is 6.04 Å². The number of benzene rings is 1. The normalized spacial score (nSPS) is 12.4. The van der Waals surface area contributed by atoms with Crippen LogP contribution in [0.25, 0.3) is 0 Å². The molecule has 8 heteroatoms. The molecule has 1 aromatic rings. The molecule has 0 bridgehead atoms. The molecular formula is C18H26NO6P. The molecule has 26 heavy (non-hydrogen) atoms. The van der Waals surface area contributed by atoms with Gasteiger partial charge in [0.2, 0.25) is 0 Å². The van der Waals surface area contributed by atoms with Crippen molar-refractivity contribution in [3.8, 4) is 0 Å². The topological polar surface area (TPSA) is 102 Å². The third-order valence-electron chi connectivity index (χ3n) is 3.51. The van der Waals surface area contributed by atoms with Crippen molar-refractivity contribution in [2.45, 2.75) is 38.9 Å². The van der Waals surface area contributed by atoms with Gasteiger partial charge in [0.25, 0.3) is 5.91 Å². The highest BCUT2D eigenvalue weighted by atomic mass is 31.2. The van der Waals surface area contributed by atoms with Crippen LogP contribution in [-0.2, 0) is 24.6 Å². The third kappa shape index (κ3) is 7.12. The predicted molar refractivity (Wildman–Crippen MR) is 99.3 cm³/mol. The van der Waals surface area contributed by atoms with Crippen molar-refractivity contribution in [3.05, 3.63) is 48.0 Å². The Morgan fingerprint density at radius 2 is 1.81 bits per heavy atom. The molecule has 0 saturated heterocycles. The lowest BCUT2D eigenvalue weighted by Gasteiger charge is -2.17. The molecule has 0 saturated carbocycles. The molecule has 0 unspecified atom stereocenters. The molecule has 0 aliphatic heterocycles. The lowest BCUT2D eigenvalue weighted by atomic mass is 10.1. The van der Waals surface area contributed by atoms with Crippen LogP contribution in [0.4, 0.5) is 0 Å². The number of amides is 1. The Bertz CT molecular complexity index is 648. The highest BCUT2D eigenvalue weighted by Gasteiger charge is 2.24. The second-order valence-electron chi connectivity index (χ2n) is 5.53. The van der Waals surface area contributed by atoms with Crippen molar-refractivity contribution in [2.75, 3.05) is 13.2 Å². The van der Waals surface area contributed by atoms with Crippen LogP contribution in [0.5, 0.6) is 0 Å². The Balaban J connectivity index is 2.79. The minimum Gasteiger partial charge on any atom is -0.480 e. The van der Waals surface area contributed by atoms with E-state index in [0.717, 1.165) is 0 Å². The van der Waals surface area contributed by atoms with E-state index in [2.05, 4.69) is 11.9 Å². The molecule has 144 valence electrons. The van der Waals surface area contributed by atoms with Gasteiger partial charge in [-0.15, -0.1) is 6.58 Å². The number of rotatable bonds is 12. The lowest BCUT2D eigenvalue weighted by molar-refractivity contribution is -0.139. The molecule has 1 amide bonds. The van der Waals surface area contributed by atoms with Gasteiger partial charge < -0.3 is 19.5 Å². The summed E-state index contributed by atoms with van der Waals surface area (Å²) in [5.74, 6) is -1.57. The fraction of sp³-hybridized carbons (Fsp3) is 0.444. The summed E-state index contributed by atoms with van der Waals surface area (Å²) in [6.45, 7) is 7.58. The van der Waals surface area contributed by atoms with E-state index in [-0.39, 0.29) is 25.8 Å². The Morgan fingerprint density at radius 3 is 2.27 bits per heavy atom. The van der Waals surface area contributed by atoms with Crippen LogP contribution < -0.4 is 5.32 Å². The Kier molecular flexibility index (Phi) is 9.27. The number of aliphatic carboxylic acids is 1. The zero-order valence-electron chi connectivity index (χ0n) is 15.1. The predicted octanol–water partition coefficient (Wildman–Crippen LogP) is 3.60. The summed E-state index contributed by atoms with van der Waals surface area (Å²) in [5, 5.41) is 11.6. The Hall–Kier alpha value is -1.95. The van der Waals surface area contributed by atoms with E-state index in [1.807, 2.05) is 0 Å². The summed E-state index contributed by atoms with van der Waals surface area (Å²) in [5.41, 5.74) is 1.02. The van der Waals surface area contributed by atoms with Gasteiger partial charge in [-0.3, -0.25) is 9.36 Å². The molecule has 0 aliphatic rings. The fourth-order valence-electron chi connectivity index (χ4n) is 2.29. The zero-order valence-corrected chi connectivity index (χ0v) is 16.0. The van der Waals surface area contributed by atoms with Crippen LogP contribution in [0.1, 0.15) is 42.6 Å². The number of allylic oxidation sites excluding steroid dienone is 1. The number of carbonyl (C=O) groups is 2. The number of nitrogens with one attached hydrogen (secondary N) is 1. The number of hydrogen-bond acceptors (Lipinski definition) is 5. The second-order valence-corrected chi connectivity index (χ2v) is 7.59. The minimum absolute atomic E-state index is 0.105. The second kappa shape index (κ2) is 10.9. The smallest absolute Gasteiger partial charge is 0.335 e. The molecule has 0 aliphatic carbocycles. The fourth-order valence-corrected chi connectivity index (χ4v) is 3.99. The number of carbonyl (C=O) groups excluding carboxylic acids is 1. The first-order chi connectivity index (χ1) is 12.3. The molecule has 0 spiro atoms. The molecular weight excluding hydrogens is 357 g/mol. The first-order valence-corrected chi connectivity index (χ1v) is 10.2. The first kappa shape index (κ1) is 22.1. The zero-order chi connectivity index (χ0) is 19.6. The molecule has 0 radical (unpaired) electrons. The van der Waals surface area contributed by atoms with Gasteiger partial charge in [0.15, 0.2) is 0 Å². The number of hydrogen-bond donors (Lipinski definition) is 2. The summed E-state index contributed by atoms with van der Waals surface area (Å²) in [7, 11) is -3.22. The van der Waals surface area contributed by atoms with Gasteiger partial charge in [-0.1, -0.05) is 18.2 Å². The quantitative estimate of drug-likeness (QED) is 0.422. The molecule has 7 nitrogen and oxygen atoms in total. The van der Waals surface area contributed by atoms with E-state index >= 15 is 0 Å². The summed E-state index contributed by atoms with van der Waals surface area (Å²) in [6.07, 6.45) is 2.47. The first-order valence-electron chi connectivity index (χ1n) is 8.46. The van der Waals surface area contributed by atoms with Crippen molar-refractivity contribution >= 4 is 19.5 Å². The van der Waals surface area contributed by atoms with E-state index in [4.69, 9.17) is 14.2 Å².